The van der Waals surface area contributed by atoms with Crippen LogP contribution in [0, 0.1) is 6.92 Å². The van der Waals surface area contributed by atoms with Crippen molar-refractivity contribution in [3.05, 3.63) is 82.9 Å². The van der Waals surface area contributed by atoms with E-state index in [0.29, 0.717) is 23.0 Å². The predicted molar refractivity (Wildman–Crippen MR) is 132 cm³/mol. The quantitative estimate of drug-likeness (QED) is 0.314. The molecule has 0 spiro atoms. The third-order valence-electron chi connectivity index (χ3n) is 6.16. The molecule has 1 fully saturated rings. The zero-order chi connectivity index (χ0) is 25.7. The van der Waals surface area contributed by atoms with Gasteiger partial charge in [0.2, 0.25) is 0 Å². The Morgan fingerprint density at radius 3 is 2.33 bits per heavy atom. The number of carbonyl (C=O) groups is 1. The van der Waals surface area contributed by atoms with Crippen LogP contribution in [0.25, 0.3) is 0 Å². The summed E-state index contributed by atoms with van der Waals surface area (Å²) in [6, 6.07) is 16.8. The second-order valence-electron chi connectivity index (χ2n) is 8.88. The molecule has 36 heavy (non-hydrogen) atoms. The first kappa shape index (κ1) is 25.9. The lowest BCUT2D eigenvalue weighted by Gasteiger charge is -2.18. The zero-order valence-corrected chi connectivity index (χ0v) is 20.6. The van der Waals surface area contributed by atoms with Crippen LogP contribution in [0.15, 0.2) is 70.5 Å². The highest BCUT2D eigenvalue weighted by Crippen LogP contribution is 2.42. The van der Waals surface area contributed by atoms with Crippen LogP contribution in [-0.2, 0) is 17.6 Å². The van der Waals surface area contributed by atoms with E-state index in [1.54, 1.807) is 23.9 Å². The molecule has 0 amide bonds. The summed E-state index contributed by atoms with van der Waals surface area (Å²) in [5.74, 6) is 0.572. The molecule has 3 aromatic rings. The molecule has 0 bridgehead atoms. The molecular weight excluding hydrogens is 489 g/mol. The summed E-state index contributed by atoms with van der Waals surface area (Å²) in [7, 11) is 0. The molecule has 0 saturated heterocycles. The number of ether oxygens (including phenoxy) is 2. The van der Waals surface area contributed by atoms with E-state index in [9.17, 15) is 18.0 Å². The summed E-state index contributed by atoms with van der Waals surface area (Å²) >= 11 is 1.58. The smallest absolute Gasteiger partial charge is 0.416 e. The molecule has 3 aromatic carbocycles. The van der Waals surface area contributed by atoms with Gasteiger partial charge in [0.1, 0.15) is 18.1 Å². The van der Waals surface area contributed by atoms with Gasteiger partial charge in [-0.1, -0.05) is 36.7 Å². The van der Waals surface area contributed by atoms with E-state index in [4.69, 9.17) is 14.6 Å². The van der Waals surface area contributed by atoms with Crippen molar-refractivity contribution < 1.29 is 32.5 Å². The van der Waals surface area contributed by atoms with E-state index < -0.39 is 17.7 Å². The number of hydrogen-bond donors (Lipinski definition) is 1. The largest absolute Gasteiger partial charge is 0.489 e. The van der Waals surface area contributed by atoms with Gasteiger partial charge in [0.15, 0.2) is 6.61 Å². The number of aliphatic carboxylic acids is 1. The summed E-state index contributed by atoms with van der Waals surface area (Å²) in [5, 5.41) is 8.82. The van der Waals surface area contributed by atoms with E-state index in [-0.39, 0.29) is 13.2 Å². The normalized spacial score (nSPS) is 14.1. The maximum Gasteiger partial charge on any atom is 0.416 e. The molecule has 190 valence electrons. The lowest BCUT2D eigenvalue weighted by Crippen LogP contribution is -2.09. The van der Waals surface area contributed by atoms with E-state index in [0.717, 1.165) is 58.7 Å². The van der Waals surface area contributed by atoms with Gasteiger partial charge in [-0.15, -0.1) is 0 Å². The van der Waals surface area contributed by atoms with Gasteiger partial charge < -0.3 is 14.6 Å². The second-order valence-corrected chi connectivity index (χ2v) is 10.0. The van der Waals surface area contributed by atoms with Crippen molar-refractivity contribution in [2.75, 3.05) is 6.61 Å². The highest BCUT2D eigenvalue weighted by molar-refractivity contribution is 7.99. The second kappa shape index (κ2) is 11.3. The summed E-state index contributed by atoms with van der Waals surface area (Å²) in [6.45, 7) is 1.54. The van der Waals surface area contributed by atoms with E-state index in [1.165, 1.54) is 6.07 Å². The highest BCUT2D eigenvalue weighted by atomic mass is 32.2. The van der Waals surface area contributed by atoms with E-state index in [1.807, 2.05) is 31.2 Å². The fourth-order valence-corrected chi connectivity index (χ4v) is 5.36. The highest BCUT2D eigenvalue weighted by Gasteiger charge is 2.30. The van der Waals surface area contributed by atoms with Crippen LogP contribution in [0.2, 0.25) is 0 Å². The minimum Gasteiger partial charge on any atom is -0.489 e. The number of aryl methyl sites for hydroxylation is 1. The summed E-state index contributed by atoms with van der Waals surface area (Å²) in [5.41, 5.74) is 1.73. The maximum atomic E-state index is 13.1. The van der Waals surface area contributed by atoms with Crippen LogP contribution in [0.3, 0.4) is 0 Å². The molecule has 0 aliphatic heterocycles. The van der Waals surface area contributed by atoms with Gasteiger partial charge in [0.25, 0.3) is 0 Å². The number of hydrogen-bond acceptors (Lipinski definition) is 4. The molecule has 8 heteroatoms. The first-order valence-corrected chi connectivity index (χ1v) is 12.6. The van der Waals surface area contributed by atoms with Gasteiger partial charge in [0.05, 0.1) is 5.56 Å². The van der Waals surface area contributed by atoms with Gasteiger partial charge >= 0.3 is 12.1 Å². The summed E-state index contributed by atoms with van der Waals surface area (Å²) in [6.07, 6.45) is 0.0204. The average Bonchev–Trinajstić information content (AvgIpc) is 3.37. The van der Waals surface area contributed by atoms with E-state index >= 15 is 0 Å². The monoisotopic (exact) mass is 516 g/mol. The number of rotatable bonds is 9. The van der Waals surface area contributed by atoms with Gasteiger partial charge in [-0.3, -0.25) is 0 Å². The fraction of sp³-hybridized carbons (Fsp3) is 0.321. The number of alkyl halides is 3. The van der Waals surface area contributed by atoms with Gasteiger partial charge in [0, 0.05) is 9.79 Å². The third-order valence-corrected chi connectivity index (χ3v) is 7.14. The lowest BCUT2D eigenvalue weighted by molar-refractivity contribution is -0.139. The van der Waals surface area contributed by atoms with Crippen LogP contribution < -0.4 is 9.47 Å². The van der Waals surface area contributed by atoms with Crippen molar-refractivity contribution in [1.29, 1.82) is 0 Å². The van der Waals surface area contributed by atoms with Crippen molar-refractivity contribution in [2.24, 2.45) is 0 Å². The maximum absolute atomic E-state index is 13.1. The minimum absolute atomic E-state index is 0.0626. The summed E-state index contributed by atoms with van der Waals surface area (Å²) in [4.78, 5) is 12.8. The number of carboxylic acid groups (broad SMARTS) is 1. The molecule has 4 rings (SSSR count). The fourth-order valence-electron chi connectivity index (χ4n) is 4.40. The Kier molecular flexibility index (Phi) is 8.14. The molecule has 4 nitrogen and oxygen atoms in total. The van der Waals surface area contributed by atoms with Crippen molar-refractivity contribution in [2.45, 2.75) is 61.1 Å². The Morgan fingerprint density at radius 1 is 0.972 bits per heavy atom. The summed E-state index contributed by atoms with van der Waals surface area (Å²) < 4.78 is 50.6. The van der Waals surface area contributed by atoms with Crippen LogP contribution in [0.4, 0.5) is 13.2 Å². The first-order chi connectivity index (χ1) is 17.2. The predicted octanol–water partition coefficient (Wildman–Crippen LogP) is 7.87. The number of halogens is 3. The van der Waals surface area contributed by atoms with Crippen molar-refractivity contribution in [1.82, 2.24) is 0 Å². The van der Waals surface area contributed by atoms with Gasteiger partial charge in [-0.05, 0) is 90.9 Å². The number of benzene rings is 3. The van der Waals surface area contributed by atoms with Gasteiger partial charge in [-0.25, -0.2) is 4.79 Å². The van der Waals surface area contributed by atoms with Crippen LogP contribution in [0.5, 0.6) is 11.5 Å². The Bertz CT molecular complexity index is 1220. The van der Waals surface area contributed by atoms with Gasteiger partial charge in [-0.2, -0.15) is 13.2 Å². The SMILES string of the molecule is Cc1cc(Sc2ccc(OCc3cccc(C(F)(F)F)c3)c(C3CCCC3)c2)ccc1OCC(=O)O. The zero-order valence-electron chi connectivity index (χ0n) is 19.8. The minimum atomic E-state index is -4.39. The molecular formula is C28H27F3O4S. The van der Waals surface area contributed by atoms with Crippen molar-refractivity contribution in [3.8, 4) is 11.5 Å². The topological polar surface area (TPSA) is 55.8 Å². The molecule has 1 N–H and O–H groups in total. The lowest BCUT2D eigenvalue weighted by atomic mass is 9.97. The molecule has 1 aliphatic carbocycles. The molecule has 0 atom stereocenters. The molecule has 0 heterocycles. The Balaban J connectivity index is 1.51. The standard InChI is InChI=1S/C28H27F3O4S/c1-18-13-22(9-11-25(18)35-17-27(32)33)36-23-10-12-26(24(15-23)20-6-2-3-7-20)34-16-19-5-4-8-21(14-19)28(29,30)31/h4-5,8-15,20H,2-3,6-7,16-17H2,1H3,(H,32,33). The molecule has 1 saturated carbocycles. The molecule has 0 radical (unpaired) electrons. The number of carboxylic acids is 1. The first-order valence-electron chi connectivity index (χ1n) is 11.7. The van der Waals surface area contributed by atoms with Crippen molar-refractivity contribution in [3.63, 3.8) is 0 Å². The van der Waals surface area contributed by atoms with Crippen molar-refractivity contribution >= 4 is 17.7 Å². The Morgan fingerprint density at radius 2 is 1.67 bits per heavy atom. The Labute approximate surface area is 212 Å². The van der Waals surface area contributed by atoms with E-state index in [2.05, 4.69) is 6.07 Å². The Hall–Kier alpha value is -3.13. The molecule has 0 unspecified atom stereocenters. The third kappa shape index (κ3) is 6.75. The van der Waals surface area contributed by atoms with Crippen LogP contribution in [-0.4, -0.2) is 17.7 Å². The van der Waals surface area contributed by atoms with Crippen LogP contribution in [0.1, 0.15) is 53.9 Å². The van der Waals surface area contributed by atoms with Crippen LogP contribution >= 0.6 is 11.8 Å². The molecule has 0 aromatic heterocycles. The molecule has 1 aliphatic rings. The average molecular weight is 517 g/mol.